The average molecular weight is 491 g/mol. The molecule has 5 nitrogen and oxygen atoms in total. The lowest BCUT2D eigenvalue weighted by Gasteiger charge is -2.64. The highest BCUT2D eigenvalue weighted by atomic mass is 16.5. The first-order chi connectivity index (χ1) is 16.2. The van der Waals surface area contributed by atoms with Gasteiger partial charge in [0.1, 0.15) is 0 Å². The first-order valence-electron chi connectivity index (χ1n) is 14.4. The molecule has 0 unspecified atom stereocenters. The van der Waals surface area contributed by atoms with Crippen LogP contribution in [0.4, 0.5) is 0 Å². The minimum atomic E-state index is -0.821. The molecule has 5 aliphatic carbocycles. The summed E-state index contributed by atoms with van der Waals surface area (Å²) in [5, 5.41) is 33.3. The molecule has 6 fully saturated rings. The van der Waals surface area contributed by atoms with Crippen LogP contribution in [0.15, 0.2) is 0 Å². The summed E-state index contributed by atoms with van der Waals surface area (Å²) in [7, 11) is 1.87. The van der Waals surface area contributed by atoms with E-state index in [-0.39, 0.29) is 58.1 Å². The summed E-state index contributed by atoms with van der Waals surface area (Å²) in [5.74, 6) is 1.00. The molecule has 3 N–H and O–H groups in total. The second-order valence-corrected chi connectivity index (χ2v) is 15.4. The molecule has 1 aliphatic heterocycles. The molecular weight excluding hydrogens is 440 g/mol. The molecule has 35 heavy (non-hydrogen) atoms. The molecule has 2 spiro atoms. The number of rotatable bonds is 3. The van der Waals surface area contributed by atoms with Crippen LogP contribution in [0, 0.1) is 44.8 Å². The van der Waals surface area contributed by atoms with E-state index in [9.17, 15) is 15.3 Å². The van der Waals surface area contributed by atoms with Crippen LogP contribution in [0.2, 0.25) is 0 Å². The van der Waals surface area contributed by atoms with Gasteiger partial charge >= 0.3 is 0 Å². The van der Waals surface area contributed by atoms with E-state index in [1.807, 2.05) is 21.0 Å². The van der Waals surface area contributed by atoms with Crippen LogP contribution in [0.25, 0.3) is 0 Å². The smallest absolute Gasteiger partial charge is 0.0861 e. The van der Waals surface area contributed by atoms with E-state index in [4.69, 9.17) is 9.47 Å². The summed E-state index contributed by atoms with van der Waals surface area (Å²) in [6.45, 7) is 13.2. The third kappa shape index (κ3) is 2.89. The molecule has 1 saturated heterocycles. The molecule has 0 amide bonds. The van der Waals surface area contributed by atoms with Crippen molar-refractivity contribution in [3.63, 3.8) is 0 Å². The Kier molecular flexibility index (Phi) is 5.20. The Morgan fingerprint density at radius 3 is 2.26 bits per heavy atom. The van der Waals surface area contributed by atoms with Crippen molar-refractivity contribution in [1.29, 1.82) is 0 Å². The van der Waals surface area contributed by atoms with Gasteiger partial charge in [0.2, 0.25) is 0 Å². The second-order valence-electron chi connectivity index (χ2n) is 15.4. The standard InChI is InChI=1S/C30H50O5/c1-25(2)21(32)10-11-30-16-29(30)13-12-27(5)23(18-8-9-22(35-18)26(3,4)33)19(34-7)15-28(27,6)20(29)14-17(31)24(25)30/h17-24,31-33H,8-16H2,1-7H3/t17-,18+,19-,20-,21-,22+,23-,24-,27+,28-,29+,30+/m0/s1. The zero-order valence-corrected chi connectivity index (χ0v) is 23.1. The molecule has 5 saturated carbocycles. The highest BCUT2D eigenvalue weighted by Gasteiger charge is 2.84. The Labute approximate surface area is 212 Å². The van der Waals surface area contributed by atoms with Crippen molar-refractivity contribution < 1.29 is 24.8 Å². The lowest BCUT2D eigenvalue weighted by molar-refractivity contribution is -0.203. The van der Waals surface area contributed by atoms with Gasteiger partial charge < -0.3 is 24.8 Å². The molecule has 0 aromatic carbocycles. The van der Waals surface area contributed by atoms with Crippen molar-refractivity contribution in [1.82, 2.24) is 0 Å². The summed E-state index contributed by atoms with van der Waals surface area (Å²) in [5.41, 5.74) is -0.380. The lowest BCUT2D eigenvalue weighted by atomic mass is 9.41. The molecule has 0 radical (unpaired) electrons. The minimum absolute atomic E-state index is 0.0857. The predicted octanol–water partition coefficient (Wildman–Crippen LogP) is 4.70. The van der Waals surface area contributed by atoms with E-state index in [0.717, 1.165) is 38.5 Å². The number of hydrogen-bond acceptors (Lipinski definition) is 5. The van der Waals surface area contributed by atoms with Gasteiger partial charge in [-0.1, -0.05) is 27.7 Å². The van der Waals surface area contributed by atoms with E-state index < -0.39 is 5.60 Å². The number of aliphatic hydroxyl groups excluding tert-OH is 2. The molecular formula is C30H50O5. The third-order valence-electron chi connectivity index (χ3n) is 13.6. The topological polar surface area (TPSA) is 79.2 Å². The summed E-state index contributed by atoms with van der Waals surface area (Å²) in [6, 6.07) is 0. The van der Waals surface area contributed by atoms with Gasteiger partial charge in [0.15, 0.2) is 0 Å². The molecule has 1 heterocycles. The number of hydrogen-bond donors (Lipinski definition) is 3. The molecule has 0 bridgehead atoms. The summed E-state index contributed by atoms with van der Waals surface area (Å²) >= 11 is 0. The lowest BCUT2D eigenvalue weighted by Crippen LogP contribution is -2.61. The van der Waals surface area contributed by atoms with E-state index >= 15 is 0 Å². The fourth-order valence-electron chi connectivity index (χ4n) is 11.8. The number of aliphatic hydroxyl groups is 3. The van der Waals surface area contributed by atoms with Crippen molar-refractivity contribution in [3.8, 4) is 0 Å². The van der Waals surface area contributed by atoms with Crippen LogP contribution in [0.5, 0.6) is 0 Å². The Balaban J connectivity index is 1.36. The summed E-state index contributed by atoms with van der Waals surface area (Å²) in [6.07, 6.45) is 8.87. The first kappa shape index (κ1) is 25.1. The van der Waals surface area contributed by atoms with E-state index in [1.54, 1.807) is 0 Å². The first-order valence-corrected chi connectivity index (χ1v) is 14.4. The van der Waals surface area contributed by atoms with Gasteiger partial charge in [0.05, 0.1) is 36.1 Å². The Hall–Kier alpha value is -0.200. The van der Waals surface area contributed by atoms with Gasteiger partial charge in [-0.3, -0.25) is 0 Å². The summed E-state index contributed by atoms with van der Waals surface area (Å²) in [4.78, 5) is 0. The Morgan fingerprint density at radius 1 is 0.914 bits per heavy atom. The van der Waals surface area contributed by atoms with Crippen molar-refractivity contribution >= 4 is 0 Å². The fourth-order valence-corrected chi connectivity index (χ4v) is 11.8. The zero-order chi connectivity index (χ0) is 25.4. The Bertz CT molecular complexity index is 880. The maximum Gasteiger partial charge on any atom is 0.0861 e. The van der Waals surface area contributed by atoms with Gasteiger partial charge in [-0.05, 0) is 111 Å². The van der Waals surface area contributed by atoms with Crippen LogP contribution in [-0.4, -0.2) is 58.6 Å². The van der Waals surface area contributed by atoms with Crippen LogP contribution in [0.3, 0.4) is 0 Å². The minimum Gasteiger partial charge on any atom is -0.393 e. The van der Waals surface area contributed by atoms with Crippen LogP contribution >= 0.6 is 0 Å². The maximum atomic E-state index is 11.7. The molecule has 6 aliphatic rings. The molecule has 0 aromatic rings. The number of methoxy groups -OCH3 is 1. The Morgan fingerprint density at radius 2 is 1.63 bits per heavy atom. The van der Waals surface area contributed by atoms with Gasteiger partial charge in [-0.2, -0.15) is 0 Å². The largest absolute Gasteiger partial charge is 0.393 e. The molecule has 200 valence electrons. The van der Waals surface area contributed by atoms with Crippen LogP contribution in [0.1, 0.15) is 99.3 Å². The second kappa shape index (κ2) is 7.25. The maximum absolute atomic E-state index is 11.7. The fraction of sp³-hybridized carbons (Fsp3) is 1.00. The molecule has 12 atom stereocenters. The average Bonchev–Trinajstić information content (AvgIpc) is 3.03. The van der Waals surface area contributed by atoms with Crippen molar-refractivity contribution in [2.24, 2.45) is 44.8 Å². The van der Waals surface area contributed by atoms with Crippen molar-refractivity contribution in [2.45, 2.75) is 135 Å². The molecule has 5 heteroatoms. The predicted molar refractivity (Wildman–Crippen MR) is 135 cm³/mol. The zero-order valence-electron chi connectivity index (χ0n) is 23.1. The monoisotopic (exact) mass is 490 g/mol. The van der Waals surface area contributed by atoms with Crippen molar-refractivity contribution in [3.05, 3.63) is 0 Å². The molecule has 6 rings (SSSR count). The van der Waals surface area contributed by atoms with Crippen LogP contribution < -0.4 is 0 Å². The van der Waals surface area contributed by atoms with Gasteiger partial charge in [0.25, 0.3) is 0 Å². The van der Waals surface area contributed by atoms with Crippen molar-refractivity contribution in [2.75, 3.05) is 7.11 Å². The quantitative estimate of drug-likeness (QED) is 0.534. The van der Waals surface area contributed by atoms with Gasteiger partial charge in [-0.15, -0.1) is 0 Å². The van der Waals surface area contributed by atoms with Crippen LogP contribution in [-0.2, 0) is 9.47 Å². The van der Waals surface area contributed by atoms with Gasteiger partial charge in [0, 0.05) is 13.0 Å². The number of ether oxygens (including phenoxy) is 2. The molecule has 0 aromatic heterocycles. The van der Waals surface area contributed by atoms with E-state index in [0.29, 0.717) is 17.3 Å². The SMILES string of the molecule is CO[C@H]1C[C@@]2(C)[C@@H]3C[C@H](O)[C@H]4C(C)(C)[C@@H](O)CC[C@@]45C[C@]35CC[C@]2(C)[C@H]1[C@H]1CC[C@H](C(C)(C)O)O1. The normalized spacial score (nSPS) is 58.8. The van der Waals surface area contributed by atoms with E-state index in [2.05, 4.69) is 27.7 Å². The van der Waals surface area contributed by atoms with Gasteiger partial charge in [-0.25, -0.2) is 0 Å². The number of fused-ring (bicyclic) bond motifs is 2. The summed E-state index contributed by atoms with van der Waals surface area (Å²) < 4.78 is 12.9. The third-order valence-corrected chi connectivity index (χ3v) is 13.6. The van der Waals surface area contributed by atoms with E-state index in [1.165, 1.54) is 19.3 Å². The highest BCUT2D eigenvalue weighted by molar-refractivity contribution is 5.32. The highest BCUT2D eigenvalue weighted by Crippen LogP contribution is 2.89.